The van der Waals surface area contributed by atoms with Crippen molar-refractivity contribution in [1.82, 2.24) is 9.80 Å². The zero-order chi connectivity index (χ0) is 27.9. The Morgan fingerprint density at radius 2 is 0.575 bits per heavy atom. The highest BCUT2D eigenvalue weighted by atomic mass is 16.2. The summed E-state index contributed by atoms with van der Waals surface area (Å²) in [4.78, 5) is 57.3. The average molecular weight is 531 g/mol. The molecule has 1 fully saturated rings. The van der Waals surface area contributed by atoms with E-state index in [0.717, 1.165) is 0 Å². The van der Waals surface area contributed by atoms with E-state index in [0.29, 0.717) is 47.9 Å². The van der Waals surface area contributed by atoms with Crippen LogP contribution in [0.3, 0.4) is 0 Å². The summed E-state index contributed by atoms with van der Waals surface area (Å²) in [5.41, 5.74) is 1.76. The Balaban J connectivity index is 1.41. The van der Waals surface area contributed by atoms with Gasteiger partial charge >= 0.3 is 0 Å². The lowest BCUT2D eigenvalue weighted by atomic mass is 9.87. The van der Waals surface area contributed by atoms with Crippen LogP contribution in [0, 0.1) is 0 Å². The number of carbonyl (C=O) groups is 4. The van der Waals surface area contributed by atoms with E-state index >= 15 is 0 Å². The van der Waals surface area contributed by atoms with Crippen molar-refractivity contribution in [1.29, 1.82) is 0 Å². The molecule has 5 rings (SSSR count). The minimum Gasteiger partial charge on any atom is -0.271 e. The second-order valence-corrected chi connectivity index (χ2v) is 9.89. The number of carbonyl (C=O) groups excluding carboxylic acids is 4. The van der Waals surface area contributed by atoms with Gasteiger partial charge in [0.15, 0.2) is 0 Å². The molecule has 40 heavy (non-hydrogen) atoms. The van der Waals surface area contributed by atoms with Crippen LogP contribution >= 0.6 is 0 Å². The largest absolute Gasteiger partial charge is 0.271 e. The number of hydrogen-bond acceptors (Lipinski definition) is 4. The summed E-state index contributed by atoms with van der Waals surface area (Å²) in [6.07, 6.45) is 1.90. The Bertz CT molecular complexity index is 1250. The summed E-state index contributed by atoms with van der Waals surface area (Å²) in [6, 6.07) is 34.4. The third-order valence-electron chi connectivity index (χ3n) is 7.35. The van der Waals surface area contributed by atoms with Crippen molar-refractivity contribution in [3.05, 3.63) is 144 Å². The maximum absolute atomic E-state index is 13.6. The van der Waals surface area contributed by atoms with Gasteiger partial charge in [0.05, 0.1) is 0 Å². The predicted molar refractivity (Wildman–Crippen MR) is 153 cm³/mol. The Morgan fingerprint density at radius 3 is 0.775 bits per heavy atom. The molecule has 6 nitrogen and oxygen atoms in total. The molecule has 0 N–H and O–H groups in total. The van der Waals surface area contributed by atoms with E-state index in [1.165, 1.54) is 9.80 Å². The summed E-state index contributed by atoms with van der Waals surface area (Å²) < 4.78 is 0. The summed E-state index contributed by atoms with van der Waals surface area (Å²) >= 11 is 0. The molecule has 200 valence electrons. The van der Waals surface area contributed by atoms with E-state index in [2.05, 4.69) is 0 Å². The molecule has 0 radical (unpaired) electrons. The molecule has 4 aromatic carbocycles. The first-order valence-electron chi connectivity index (χ1n) is 13.5. The smallest absolute Gasteiger partial charge is 0.260 e. The molecule has 0 saturated heterocycles. The molecule has 0 unspecified atom stereocenters. The summed E-state index contributed by atoms with van der Waals surface area (Å²) in [5, 5.41) is 0. The summed E-state index contributed by atoms with van der Waals surface area (Å²) in [7, 11) is 0. The molecule has 4 amide bonds. The topological polar surface area (TPSA) is 74.8 Å². The highest BCUT2D eigenvalue weighted by molar-refractivity contribution is 6.11. The van der Waals surface area contributed by atoms with Crippen molar-refractivity contribution in [2.24, 2.45) is 0 Å². The lowest BCUT2D eigenvalue weighted by Crippen LogP contribution is -2.51. The van der Waals surface area contributed by atoms with Crippen LogP contribution in [0.4, 0.5) is 0 Å². The van der Waals surface area contributed by atoms with Gasteiger partial charge in [0.25, 0.3) is 23.6 Å². The third-order valence-corrected chi connectivity index (χ3v) is 7.35. The minimum atomic E-state index is -0.364. The van der Waals surface area contributed by atoms with Crippen LogP contribution in [0.2, 0.25) is 0 Å². The van der Waals surface area contributed by atoms with Crippen LogP contribution in [-0.2, 0) is 0 Å². The van der Waals surface area contributed by atoms with Gasteiger partial charge in [0, 0.05) is 34.3 Å². The monoisotopic (exact) mass is 530 g/mol. The van der Waals surface area contributed by atoms with Gasteiger partial charge < -0.3 is 0 Å². The number of rotatable bonds is 6. The Hall–Kier alpha value is -4.84. The van der Waals surface area contributed by atoms with Crippen molar-refractivity contribution >= 4 is 23.6 Å². The second kappa shape index (κ2) is 12.3. The van der Waals surface area contributed by atoms with Gasteiger partial charge in [-0.1, -0.05) is 72.8 Å². The Labute approximate surface area is 233 Å². The lowest BCUT2D eigenvalue weighted by Gasteiger charge is -2.39. The van der Waals surface area contributed by atoms with Gasteiger partial charge in [0.2, 0.25) is 0 Å². The number of amides is 4. The molecule has 0 heterocycles. The fourth-order valence-electron chi connectivity index (χ4n) is 5.30. The van der Waals surface area contributed by atoms with Gasteiger partial charge in [-0.3, -0.25) is 29.0 Å². The van der Waals surface area contributed by atoms with Crippen LogP contribution in [0.15, 0.2) is 121 Å². The predicted octanol–water partition coefficient (Wildman–Crippen LogP) is 6.26. The highest BCUT2D eigenvalue weighted by Crippen LogP contribution is 2.31. The Kier molecular flexibility index (Phi) is 8.26. The second-order valence-electron chi connectivity index (χ2n) is 9.89. The fraction of sp³-hybridized carbons (Fsp3) is 0.176. The first-order chi connectivity index (χ1) is 19.5. The standard InChI is InChI=1S/C34H30N2O4/c37-31(25-13-5-1-6-14-25)35(32(38)26-15-7-2-8-16-26)29-21-23-30(24-22-29)36(33(39)27-17-9-3-10-18-27)34(40)28-19-11-4-12-20-28/h1-20,29-30H,21-24H2. The summed E-state index contributed by atoms with van der Waals surface area (Å²) in [6.45, 7) is 0. The molecular formula is C34H30N2O4. The minimum absolute atomic E-state index is 0.351. The van der Waals surface area contributed by atoms with Crippen LogP contribution in [0.1, 0.15) is 67.1 Å². The van der Waals surface area contributed by atoms with E-state index in [1.54, 1.807) is 97.1 Å². The van der Waals surface area contributed by atoms with Crippen LogP contribution in [0.25, 0.3) is 0 Å². The summed E-state index contributed by atoms with van der Waals surface area (Å²) in [5.74, 6) is -1.41. The van der Waals surface area contributed by atoms with Gasteiger partial charge in [-0.15, -0.1) is 0 Å². The zero-order valence-corrected chi connectivity index (χ0v) is 22.1. The fourth-order valence-corrected chi connectivity index (χ4v) is 5.30. The molecule has 4 aromatic rings. The molecule has 1 saturated carbocycles. The van der Waals surface area contributed by atoms with E-state index in [1.807, 2.05) is 24.3 Å². The molecule has 0 spiro atoms. The zero-order valence-electron chi connectivity index (χ0n) is 22.1. The van der Waals surface area contributed by atoms with E-state index in [4.69, 9.17) is 0 Å². The number of nitrogens with zero attached hydrogens (tertiary/aromatic N) is 2. The van der Waals surface area contributed by atoms with Gasteiger partial charge in [-0.25, -0.2) is 0 Å². The van der Waals surface area contributed by atoms with Crippen LogP contribution in [-0.4, -0.2) is 45.5 Å². The van der Waals surface area contributed by atoms with E-state index < -0.39 is 0 Å². The molecule has 0 bridgehead atoms. The SMILES string of the molecule is O=C(c1ccccc1)N(C(=O)c1ccccc1)C1CCC(N(C(=O)c2ccccc2)C(=O)c2ccccc2)CC1. The molecule has 0 atom stereocenters. The molecule has 0 aromatic heterocycles. The molecule has 0 aliphatic heterocycles. The molecule has 1 aliphatic carbocycles. The first kappa shape index (κ1) is 26.8. The van der Waals surface area contributed by atoms with Crippen molar-refractivity contribution < 1.29 is 19.2 Å². The van der Waals surface area contributed by atoms with Gasteiger partial charge in [-0.2, -0.15) is 0 Å². The van der Waals surface area contributed by atoms with E-state index in [-0.39, 0.29) is 35.7 Å². The van der Waals surface area contributed by atoms with Crippen molar-refractivity contribution in [3.8, 4) is 0 Å². The normalized spacial score (nSPS) is 16.5. The highest BCUT2D eigenvalue weighted by Gasteiger charge is 2.38. The average Bonchev–Trinajstić information content (AvgIpc) is 3.03. The maximum Gasteiger partial charge on any atom is 0.260 e. The quantitative estimate of drug-likeness (QED) is 0.276. The van der Waals surface area contributed by atoms with Gasteiger partial charge in [-0.05, 0) is 74.2 Å². The van der Waals surface area contributed by atoms with Crippen molar-refractivity contribution in [3.63, 3.8) is 0 Å². The van der Waals surface area contributed by atoms with Crippen molar-refractivity contribution in [2.75, 3.05) is 0 Å². The first-order valence-corrected chi connectivity index (χ1v) is 13.5. The van der Waals surface area contributed by atoms with Crippen LogP contribution in [0.5, 0.6) is 0 Å². The van der Waals surface area contributed by atoms with Crippen molar-refractivity contribution in [2.45, 2.75) is 37.8 Å². The van der Waals surface area contributed by atoms with Crippen LogP contribution < -0.4 is 0 Å². The number of benzene rings is 4. The Morgan fingerprint density at radius 1 is 0.375 bits per heavy atom. The molecule has 1 aliphatic rings. The maximum atomic E-state index is 13.6. The number of hydrogen-bond donors (Lipinski definition) is 0. The van der Waals surface area contributed by atoms with E-state index in [9.17, 15) is 19.2 Å². The van der Waals surface area contributed by atoms with Gasteiger partial charge in [0.1, 0.15) is 0 Å². The third kappa shape index (κ3) is 5.76. The lowest BCUT2D eigenvalue weighted by molar-refractivity contribution is 0.0383. The molecular weight excluding hydrogens is 500 g/mol. The molecule has 6 heteroatoms. The number of imide groups is 2.